The lowest BCUT2D eigenvalue weighted by Gasteiger charge is -2.24. The molecule has 1 aliphatic carbocycles. The Labute approximate surface area is 165 Å². The van der Waals surface area contributed by atoms with Crippen LogP contribution in [0.3, 0.4) is 0 Å². The number of hydrogen-bond donors (Lipinski definition) is 2. The van der Waals surface area contributed by atoms with Crippen molar-refractivity contribution < 1.29 is 9.90 Å². The minimum atomic E-state index is -0.994. The Bertz CT molecular complexity index is 1010. The number of fused-ring (bicyclic) bond motifs is 1. The molecular weight excluding hydrogens is 350 g/mol. The number of carbonyl (C=O) groups excluding carboxylic acids is 1. The summed E-state index contributed by atoms with van der Waals surface area (Å²) in [6, 6.07) is 15.6. The maximum Gasteiger partial charge on any atom is 0.253 e. The quantitative estimate of drug-likeness (QED) is 0.720. The maximum absolute atomic E-state index is 12.8. The lowest BCUT2D eigenvalue weighted by molar-refractivity contribution is 0.0369. The summed E-state index contributed by atoms with van der Waals surface area (Å²) in [5, 5.41) is 14.0. The number of carbonyl (C=O) groups is 1. The zero-order chi connectivity index (χ0) is 19.7. The normalized spacial score (nSPS) is 18.1. The Morgan fingerprint density at radius 3 is 2.79 bits per heavy atom. The van der Waals surface area contributed by atoms with E-state index in [4.69, 9.17) is 0 Å². The summed E-state index contributed by atoms with van der Waals surface area (Å²) in [7, 11) is 0. The molecule has 0 saturated carbocycles. The molecule has 144 valence electrons. The molecule has 1 aliphatic rings. The Hall–Kier alpha value is -2.92. The largest absolute Gasteiger partial charge is 0.383 e. The van der Waals surface area contributed by atoms with E-state index in [-0.39, 0.29) is 12.5 Å². The molecule has 1 unspecified atom stereocenters. The van der Waals surface area contributed by atoms with Gasteiger partial charge in [-0.05, 0) is 56.0 Å². The number of aryl methyl sites for hydroxylation is 2. The van der Waals surface area contributed by atoms with E-state index in [1.54, 1.807) is 6.20 Å². The van der Waals surface area contributed by atoms with Gasteiger partial charge in [0.1, 0.15) is 5.60 Å². The lowest BCUT2D eigenvalue weighted by Crippen LogP contribution is -2.39. The monoisotopic (exact) mass is 375 g/mol. The molecule has 5 heteroatoms. The molecule has 0 saturated heterocycles. The van der Waals surface area contributed by atoms with E-state index in [1.165, 1.54) is 0 Å². The predicted octanol–water partition coefficient (Wildman–Crippen LogP) is 3.11. The van der Waals surface area contributed by atoms with Crippen LogP contribution in [-0.2, 0) is 18.6 Å². The van der Waals surface area contributed by atoms with Crippen molar-refractivity contribution in [1.82, 2.24) is 14.9 Å². The number of hydrogen-bond acceptors (Lipinski definition) is 3. The smallest absolute Gasteiger partial charge is 0.253 e. The summed E-state index contributed by atoms with van der Waals surface area (Å²) in [6.45, 7) is 4.79. The highest BCUT2D eigenvalue weighted by atomic mass is 16.3. The Kier molecular flexibility index (Phi) is 4.77. The zero-order valence-electron chi connectivity index (χ0n) is 16.3. The molecule has 2 heterocycles. The van der Waals surface area contributed by atoms with Gasteiger partial charge in [0, 0.05) is 17.6 Å². The minimum absolute atomic E-state index is 0.154. The number of nitrogens with zero attached hydrogens (tertiary/aromatic N) is 2. The average molecular weight is 375 g/mol. The van der Waals surface area contributed by atoms with Crippen molar-refractivity contribution in [3.8, 4) is 0 Å². The van der Waals surface area contributed by atoms with Gasteiger partial charge in [-0.15, -0.1) is 0 Å². The molecule has 28 heavy (non-hydrogen) atoms. The van der Waals surface area contributed by atoms with Crippen molar-refractivity contribution in [1.29, 1.82) is 0 Å². The minimum Gasteiger partial charge on any atom is -0.383 e. The van der Waals surface area contributed by atoms with Crippen LogP contribution in [0.5, 0.6) is 0 Å². The number of nitrogens with one attached hydrogen (secondary N) is 1. The Morgan fingerprint density at radius 2 is 2.00 bits per heavy atom. The summed E-state index contributed by atoms with van der Waals surface area (Å²) in [4.78, 5) is 17.2. The van der Waals surface area contributed by atoms with Gasteiger partial charge in [-0.2, -0.15) is 0 Å². The summed E-state index contributed by atoms with van der Waals surface area (Å²) < 4.78 is 2.09. The van der Waals surface area contributed by atoms with E-state index in [1.807, 2.05) is 62.4 Å². The van der Waals surface area contributed by atoms with Gasteiger partial charge in [-0.1, -0.05) is 30.3 Å². The first-order valence-corrected chi connectivity index (χ1v) is 9.63. The highest BCUT2D eigenvalue weighted by molar-refractivity contribution is 5.95. The van der Waals surface area contributed by atoms with Gasteiger partial charge >= 0.3 is 0 Å². The van der Waals surface area contributed by atoms with Gasteiger partial charge in [-0.25, -0.2) is 0 Å². The van der Waals surface area contributed by atoms with Crippen LogP contribution in [0.4, 0.5) is 0 Å². The lowest BCUT2D eigenvalue weighted by atomic mass is 9.96. The predicted molar refractivity (Wildman–Crippen MR) is 108 cm³/mol. The van der Waals surface area contributed by atoms with Crippen LogP contribution in [0, 0.1) is 13.8 Å². The molecule has 0 bridgehead atoms. The fourth-order valence-electron chi connectivity index (χ4n) is 4.10. The molecule has 2 N–H and O–H groups in total. The van der Waals surface area contributed by atoms with Crippen molar-refractivity contribution in [2.45, 2.75) is 38.8 Å². The van der Waals surface area contributed by atoms with Crippen molar-refractivity contribution >= 4 is 5.91 Å². The number of aromatic nitrogens is 2. The number of rotatable bonds is 5. The second-order valence-corrected chi connectivity index (χ2v) is 7.56. The molecule has 5 nitrogen and oxygen atoms in total. The van der Waals surface area contributed by atoms with Crippen LogP contribution in [0.15, 0.2) is 54.7 Å². The van der Waals surface area contributed by atoms with Crippen LogP contribution in [0.2, 0.25) is 0 Å². The number of aliphatic hydroxyl groups is 1. The SMILES string of the molecule is Cc1cc(C(=O)NCC2(O)CCc3ccccc32)c(C)n1Cc1ccccn1. The van der Waals surface area contributed by atoms with Crippen molar-refractivity contribution in [3.63, 3.8) is 0 Å². The van der Waals surface area contributed by atoms with E-state index in [0.29, 0.717) is 18.5 Å². The first kappa shape index (κ1) is 18.4. The number of benzene rings is 1. The van der Waals surface area contributed by atoms with E-state index in [0.717, 1.165) is 34.6 Å². The second-order valence-electron chi connectivity index (χ2n) is 7.56. The van der Waals surface area contributed by atoms with Crippen LogP contribution in [0.1, 0.15) is 45.0 Å². The molecule has 0 fully saturated rings. The van der Waals surface area contributed by atoms with Crippen LogP contribution < -0.4 is 5.32 Å². The third-order valence-electron chi connectivity index (χ3n) is 5.73. The number of amides is 1. The third-order valence-corrected chi connectivity index (χ3v) is 5.73. The van der Waals surface area contributed by atoms with E-state index >= 15 is 0 Å². The van der Waals surface area contributed by atoms with Crippen molar-refractivity contribution in [3.05, 3.63) is 88.5 Å². The first-order chi connectivity index (χ1) is 13.5. The van der Waals surface area contributed by atoms with E-state index in [2.05, 4.69) is 14.9 Å². The zero-order valence-corrected chi connectivity index (χ0v) is 16.3. The standard InChI is InChI=1S/C23H25N3O2/c1-16-13-20(17(2)26(16)14-19-8-5-6-12-24-19)22(27)25-15-23(28)11-10-18-7-3-4-9-21(18)23/h3-9,12-13,28H,10-11,14-15H2,1-2H3,(H,25,27). The molecule has 2 aromatic heterocycles. The summed E-state index contributed by atoms with van der Waals surface area (Å²) in [6.07, 6.45) is 3.24. The van der Waals surface area contributed by atoms with Gasteiger partial charge < -0.3 is 15.0 Å². The van der Waals surface area contributed by atoms with Crippen molar-refractivity contribution in [2.24, 2.45) is 0 Å². The van der Waals surface area contributed by atoms with Crippen LogP contribution in [0.25, 0.3) is 0 Å². The van der Waals surface area contributed by atoms with Crippen LogP contribution in [-0.4, -0.2) is 27.1 Å². The highest BCUT2D eigenvalue weighted by Gasteiger charge is 2.36. The first-order valence-electron chi connectivity index (χ1n) is 9.63. The molecule has 1 atom stereocenters. The average Bonchev–Trinajstić information content (AvgIpc) is 3.19. The maximum atomic E-state index is 12.8. The van der Waals surface area contributed by atoms with E-state index < -0.39 is 5.60 Å². The fourth-order valence-corrected chi connectivity index (χ4v) is 4.10. The molecule has 4 rings (SSSR count). The molecule has 1 aromatic carbocycles. The topological polar surface area (TPSA) is 67.2 Å². The molecule has 0 spiro atoms. The van der Waals surface area contributed by atoms with Gasteiger partial charge in [-0.3, -0.25) is 9.78 Å². The van der Waals surface area contributed by atoms with Gasteiger partial charge in [0.15, 0.2) is 0 Å². The molecule has 0 radical (unpaired) electrons. The molecule has 3 aromatic rings. The second kappa shape index (κ2) is 7.24. The van der Waals surface area contributed by atoms with Crippen molar-refractivity contribution in [2.75, 3.05) is 6.54 Å². The van der Waals surface area contributed by atoms with E-state index in [9.17, 15) is 9.90 Å². The summed E-state index contributed by atoms with van der Waals surface area (Å²) in [5.74, 6) is -0.154. The van der Waals surface area contributed by atoms with Crippen LogP contribution >= 0.6 is 0 Å². The summed E-state index contributed by atoms with van der Waals surface area (Å²) in [5.41, 5.74) is 4.60. The summed E-state index contributed by atoms with van der Waals surface area (Å²) >= 11 is 0. The van der Waals surface area contributed by atoms with Gasteiger partial charge in [0.05, 0.1) is 24.3 Å². The third kappa shape index (κ3) is 3.34. The fraction of sp³-hybridized carbons (Fsp3) is 0.304. The molecule has 1 amide bonds. The van der Waals surface area contributed by atoms with Gasteiger partial charge in [0.2, 0.25) is 0 Å². The number of pyridine rings is 1. The highest BCUT2D eigenvalue weighted by Crippen LogP contribution is 2.36. The Balaban J connectivity index is 1.49. The molecule has 0 aliphatic heterocycles. The Morgan fingerprint density at radius 1 is 1.21 bits per heavy atom. The van der Waals surface area contributed by atoms with Gasteiger partial charge in [0.25, 0.3) is 5.91 Å². The molecular formula is C23H25N3O2.